The molecular formula is C11H18N2O2. The molecule has 0 saturated heterocycles. The third-order valence-electron chi connectivity index (χ3n) is 2.12. The number of pyridine rings is 1. The number of hydrogen-bond acceptors (Lipinski definition) is 4. The van der Waals surface area contributed by atoms with Crippen molar-refractivity contribution in [2.45, 2.75) is 26.4 Å². The third kappa shape index (κ3) is 3.85. The summed E-state index contributed by atoms with van der Waals surface area (Å²) in [5.74, 6) is 0.816. The first-order chi connectivity index (χ1) is 7.15. The van der Waals surface area contributed by atoms with Crippen LogP contribution in [0.25, 0.3) is 0 Å². The van der Waals surface area contributed by atoms with Crippen LogP contribution in [0.4, 0.5) is 0 Å². The molecule has 0 aliphatic rings. The molecule has 1 heterocycles. The van der Waals surface area contributed by atoms with Crippen LogP contribution in [-0.4, -0.2) is 29.8 Å². The summed E-state index contributed by atoms with van der Waals surface area (Å²) >= 11 is 0. The predicted molar refractivity (Wildman–Crippen MR) is 58.9 cm³/mol. The molecule has 0 radical (unpaired) electrons. The van der Waals surface area contributed by atoms with Crippen LogP contribution >= 0.6 is 0 Å². The Labute approximate surface area is 90.3 Å². The van der Waals surface area contributed by atoms with Crippen molar-refractivity contribution < 1.29 is 9.84 Å². The summed E-state index contributed by atoms with van der Waals surface area (Å²) in [6, 6.07) is 3.86. The van der Waals surface area contributed by atoms with Gasteiger partial charge in [-0.3, -0.25) is 4.98 Å². The Hall–Kier alpha value is -1.13. The van der Waals surface area contributed by atoms with Gasteiger partial charge in [-0.05, 0) is 13.8 Å². The second-order valence-corrected chi connectivity index (χ2v) is 3.60. The van der Waals surface area contributed by atoms with Crippen molar-refractivity contribution >= 4 is 0 Å². The highest BCUT2D eigenvalue weighted by Crippen LogP contribution is 2.13. The minimum absolute atomic E-state index is 0.0818. The lowest BCUT2D eigenvalue weighted by Crippen LogP contribution is -2.29. The molecule has 1 rings (SSSR count). The molecule has 0 aromatic carbocycles. The number of aliphatic hydroxyl groups is 1. The molecule has 84 valence electrons. The smallest absolute Gasteiger partial charge is 0.122 e. The molecule has 1 aromatic rings. The van der Waals surface area contributed by atoms with E-state index in [1.807, 2.05) is 26.0 Å². The van der Waals surface area contributed by atoms with Gasteiger partial charge in [0.25, 0.3) is 0 Å². The second kappa shape index (κ2) is 5.68. The number of methoxy groups -OCH3 is 1. The van der Waals surface area contributed by atoms with Crippen LogP contribution in [0.3, 0.4) is 0 Å². The number of aliphatic hydroxyl groups excluding tert-OH is 1. The number of hydrogen-bond donors (Lipinski definition) is 2. The lowest BCUT2D eigenvalue weighted by Gasteiger charge is -2.11. The molecule has 0 amide bonds. The SMILES string of the molecule is COc1cc(C)nc(CN[C@@H](C)CO)c1. The van der Waals surface area contributed by atoms with E-state index in [0.29, 0.717) is 6.54 Å². The summed E-state index contributed by atoms with van der Waals surface area (Å²) < 4.78 is 5.15. The van der Waals surface area contributed by atoms with Gasteiger partial charge in [0.15, 0.2) is 0 Å². The van der Waals surface area contributed by atoms with Crippen LogP contribution in [0, 0.1) is 6.92 Å². The Morgan fingerprint density at radius 2 is 2.27 bits per heavy atom. The quantitative estimate of drug-likeness (QED) is 0.757. The number of ether oxygens (including phenoxy) is 1. The highest BCUT2D eigenvalue weighted by Gasteiger charge is 2.02. The predicted octanol–water partition coefficient (Wildman–Crippen LogP) is 0.869. The summed E-state index contributed by atoms with van der Waals surface area (Å²) in [4.78, 5) is 4.36. The molecular weight excluding hydrogens is 192 g/mol. The zero-order valence-electron chi connectivity index (χ0n) is 9.45. The zero-order valence-corrected chi connectivity index (χ0v) is 9.45. The summed E-state index contributed by atoms with van der Waals surface area (Å²) in [6.45, 7) is 4.62. The summed E-state index contributed by atoms with van der Waals surface area (Å²) in [5, 5.41) is 12.0. The topological polar surface area (TPSA) is 54.4 Å². The maximum absolute atomic E-state index is 8.86. The van der Waals surface area contributed by atoms with E-state index in [4.69, 9.17) is 9.84 Å². The van der Waals surface area contributed by atoms with Crippen LogP contribution in [0.15, 0.2) is 12.1 Å². The molecule has 15 heavy (non-hydrogen) atoms. The van der Waals surface area contributed by atoms with Gasteiger partial charge in [0.05, 0.1) is 19.4 Å². The lowest BCUT2D eigenvalue weighted by atomic mass is 10.2. The molecule has 0 fully saturated rings. The van der Waals surface area contributed by atoms with Gasteiger partial charge in [0.1, 0.15) is 5.75 Å². The first kappa shape index (κ1) is 11.9. The monoisotopic (exact) mass is 210 g/mol. The zero-order chi connectivity index (χ0) is 11.3. The highest BCUT2D eigenvalue weighted by atomic mass is 16.5. The molecule has 0 aliphatic carbocycles. The van der Waals surface area contributed by atoms with Crippen molar-refractivity contribution in [2.75, 3.05) is 13.7 Å². The van der Waals surface area contributed by atoms with Crippen LogP contribution in [-0.2, 0) is 6.54 Å². The fourth-order valence-electron chi connectivity index (χ4n) is 1.25. The maximum Gasteiger partial charge on any atom is 0.122 e. The second-order valence-electron chi connectivity index (χ2n) is 3.60. The normalized spacial score (nSPS) is 12.5. The van der Waals surface area contributed by atoms with Crippen molar-refractivity contribution in [1.29, 1.82) is 0 Å². The molecule has 1 atom stereocenters. The molecule has 0 spiro atoms. The average molecular weight is 210 g/mol. The number of nitrogens with zero attached hydrogens (tertiary/aromatic N) is 1. The largest absolute Gasteiger partial charge is 0.497 e. The fourth-order valence-corrected chi connectivity index (χ4v) is 1.25. The Kier molecular flexibility index (Phi) is 4.52. The van der Waals surface area contributed by atoms with Crippen LogP contribution < -0.4 is 10.1 Å². The molecule has 4 nitrogen and oxygen atoms in total. The van der Waals surface area contributed by atoms with E-state index in [2.05, 4.69) is 10.3 Å². The third-order valence-corrected chi connectivity index (χ3v) is 2.12. The van der Waals surface area contributed by atoms with Gasteiger partial charge in [-0.1, -0.05) is 0 Å². The standard InChI is InChI=1S/C11H18N2O2/c1-8-4-11(15-3)5-10(13-8)6-12-9(2)7-14/h4-5,9,12,14H,6-7H2,1-3H3/t9-/m0/s1. The fraction of sp³-hybridized carbons (Fsp3) is 0.545. The minimum atomic E-state index is 0.0818. The molecule has 0 unspecified atom stereocenters. The average Bonchev–Trinajstić information content (AvgIpc) is 2.25. The van der Waals surface area contributed by atoms with E-state index in [0.717, 1.165) is 17.1 Å². The molecule has 0 aliphatic heterocycles. The summed E-state index contributed by atoms with van der Waals surface area (Å²) in [7, 11) is 1.64. The molecule has 2 N–H and O–H groups in total. The van der Waals surface area contributed by atoms with Crippen molar-refractivity contribution in [1.82, 2.24) is 10.3 Å². The van der Waals surface area contributed by atoms with Gasteiger partial charge in [-0.25, -0.2) is 0 Å². The number of rotatable bonds is 5. The van der Waals surface area contributed by atoms with E-state index in [-0.39, 0.29) is 12.6 Å². The Bertz CT molecular complexity index is 315. The molecule has 0 saturated carbocycles. The first-order valence-corrected chi connectivity index (χ1v) is 5.01. The van der Waals surface area contributed by atoms with Crippen molar-refractivity contribution in [3.8, 4) is 5.75 Å². The van der Waals surface area contributed by atoms with Crippen molar-refractivity contribution in [2.24, 2.45) is 0 Å². The van der Waals surface area contributed by atoms with Gasteiger partial charge in [0, 0.05) is 30.4 Å². The molecule has 0 bridgehead atoms. The lowest BCUT2D eigenvalue weighted by molar-refractivity contribution is 0.250. The van der Waals surface area contributed by atoms with E-state index >= 15 is 0 Å². The van der Waals surface area contributed by atoms with E-state index in [9.17, 15) is 0 Å². The number of aromatic nitrogens is 1. The van der Waals surface area contributed by atoms with E-state index < -0.39 is 0 Å². The van der Waals surface area contributed by atoms with E-state index in [1.165, 1.54) is 0 Å². The van der Waals surface area contributed by atoms with Gasteiger partial charge in [0.2, 0.25) is 0 Å². The van der Waals surface area contributed by atoms with Gasteiger partial charge >= 0.3 is 0 Å². The Morgan fingerprint density at radius 3 is 2.87 bits per heavy atom. The van der Waals surface area contributed by atoms with Crippen LogP contribution in [0.1, 0.15) is 18.3 Å². The van der Waals surface area contributed by atoms with Crippen LogP contribution in [0.5, 0.6) is 5.75 Å². The highest BCUT2D eigenvalue weighted by molar-refractivity contribution is 5.26. The number of nitrogens with one attached hydrogen (secondary N) is 1. The Morgan fingerprint density at radius 1 is 1.53 bits per heavy atom. The molecule has 4 heteroatoms. The van der Waals surface area contributed by atoms with E-state index in [1.54, 1.807) is 7.11 Å². The summed E-state index contributed by atoms with van der Waals surface area (Å²) in [5.41, 5.74) is 1.86. The van der Waals surface area contributed by atoms with Crippen molar-refractivity contribution in [3.63, 3.8) is 0 Å². The summed E-state index contributed by atoms with van der Waals surface area (Å²) in [6.07, 6.45) is 0. The van der Waals surface area contributed by atoms with Gasteiger partial charge < -0.3 is 15.2 Å². The first-order valence-electron chi connectivity index (χ1n) is 5.01. The van der Waals surface area contributed by atoms with Gasteiger partial charge in [-0.15, -0.1) is 0 Å². The van der Waals surface area contributed by atoms with Gasteiger partial charge in [-0.2, -0.15) is 0 Å². The minimum Gasteiger partial charge on any atom is -0.497 e. The van der Waals surface area contributed by atoms with Crippen LogP contribution in [0.2, 0.25) is 0 Å². The number of aryl methyl sites for hydroxylation is 1. The molecule has 1 aromatic heterocycles. The maximum atomic E-state index is 8.86. The Balaban J connectivity index is 2.64. The van der Waals surface area contributed by atoms with Crippen molar-refractivity contribution in [3.05, 3.63) is 23.5 Å².